The summed E-state index contributed by atoms with van der Waals surface area (Å²) < 4.78 is 0. The van der Waals surface area contributed by atoms with E-state index in [2.05, 4.69) is 46.9 Å². The summed E-state index contributed by atoms with van der Waals surface area (Å²) in [7, 11) is 0. The minimum Gasteiger partial charge on any atom is -0.330 e. The molecule has 8 unspecified atom stereocenters. The third-order valence-corrected chi connectivity index (χ3v) is 12.3. The molecular weight excluding hydrogens is 374 g/mol. The summed E-state index contributed by atoms with van der Waals surface area (Å²) in [6, 6.07) is 0. The Bertz CT molecular complexity index is 803. The van der Waals surface area contributed by atoms with Crippen LogP contribution in [-0.4, -0.2) is 6.54 Å². The number of fused-ring (bicyclic) bond motifs is 7. The van der Waals surface area contributed by atoms with Gasteiger partial charge in [0.05, 0.1) is 0 Å². The Morgan fingerprint density at radius 1 is 0.968 bits per heavy atom. The van der Waals surface area contributed by atoms with Crippen molar-refractivity contribution in [1.82, 2.24) is 0 Å². The van der Waals surface area contributed by atoms with Crippen molar-refractivity contribution in [3.63, 3.8) is 0 Å². The van der Waals surface area contributed by atoms with Gasteiger partial charge in [-0.2, -0.15) is 0 Å². The summed E-state index contributed by atoms with van der Waals surface area (Å²) in [6.07, 6.45) is 18.7. The van der Waals surface area contributed by atoms with Gasteiger partial charge >= 0.3 is 0 Å². The van der Waals surface area contributed by atoms with Gasteiger partial charge in [-0.05, 0) is 127 Å². The Labute approximate surface area is 192 Å². The van der Waals surface area contributed by atoms with Crippen molar-refractivity contribution in [2.45, 2.75) is 91.9 Å². The fourth-order valence-corrected chi connectivity index (χ4v) is 11.0. The molecule has 2 N–H and O–H groups in total. The van der Waals surface area contributed by atoms with E-state index in [4.69, 9.17) is 5.73 Å². The van der Waals surface area contributed by atoms with E-state index in [-0.39, 0.29) is 5.41 Å². The highest BCUT2D eigenvalue weighted by molar-refractivity contribution is 5.43. The largest absolute Gasteiger partial charge is 0.330 e. The van der Waals surface area contributed by atoms with Crippen molar-refractivity contribution in [1.29, 1.82) is 0 Å². The summed E-state index contributed by atoms with van der Waals surface area (Å²) in [4.78, 5) is 0. The second-order valence-electron chi connectivity index (χ2n) is 13.4. The van der Waals surface area contributed by atoms with Crippen molar-refractivity contribution in [3.8, 4) is 0 Å². The molecule has 1 heteroatoms. The van der Waals surface area contributed by atoms with Gasteiger partial charge in [0.15, 0.2) is 0 Å². The zero-order valence-corrected chi connectivity index (χ0v) is 20.8. The molecule has 0 saturated heterocycles. The number of hydrogen-bond acceptors (Lipinski definition) is 1. The quantitative estimate of drug-likeness (QED) is 0.464. The molecule has 0 aromatic heterocycles. The lowest BCUT2D eigenvalue weighted by Gasteiger charge is -2.68. The fraction of sp³-hybridized carbons (Fsp3) is 0.800. The summed E-state index contributed by atoms with van der Waals surface area (Å²) >= 11 is 0. The highest BCUT2D eigenvalue weighted by Crippen LogP contribution is 2.72. The van der Waals surface area contributed by atoms with Crippen molar-refractivity contribution in [2.24, 2.45) is 57.0 Å². The average molecular weight is 422 g/mol. The van der Waals surface area contributed by atoms with Crippen LogP contribution in [0.5, 0.6) is 0 Å². The van der Waals surface area contributed by atoms with E-state index >= 15 is 0 Å². The van der Waals surface area contributed by atoms with Crippen LogP contribution in [0, 0.1) is 51.2 Å². The van der Waals surface area contributed by atoms with Gasteiger partial charge in [-0.1, -0.05) is 59.4 Å². The maximum atomic E-state index is 6.43. The van der Waals surface area contributed by atoms with Crippen molar-refractivity contribution < 1.29 is 0 Å². The first kappa shape index (κ1) is 22.0. The zero-order valence-electron chi connectivity index (χ0n) is 20.8. The van der Waals surface area contributed by atoms with Crippen molar-refractivity contribution >= 4 is 0 Å². The molecule has 0 aliphatic heterocycles. The molecule has 0 heterocycles. The number of rotatable bonds is 3. The molecule has 0 bridgehead atoms. The first-order chi connectivity index (χ1) is 14.6. The highest BCUT2D eigenvalue weighted by Gasteiger charge is 2.65. The van der Waals surface area contributed by atoms with Crippen LogP contribution >= 0.6 is 0 Å². The first-order valence-corrected chi connectivity index (χ1v) is 13.4. The maximum absolute atomic E-state index is 6.43. The molecule has 0 aromatic rings. The molecular formula is C30H47N. The van der Waals surface area contributed by atoms with Gasteiger partial charge in [0.2, 0.25) is 0 Å². The van der Waals surface area contributed by atoms with Gasteiger partial charge in [0.25, 0.3) is 0 Å². The third kappa shape index (κ3) is 2.77. The van der Waals surface area contributed by atoms with Crippen LogP contribution < -0.4 is 5.73 Å². The molecule has 0 amide bonds. The molecule has 5 aliphatic carbocycles. The molecule has 172 valence electrons. The normalized spacial score (nSPS) is 50.4. The van der Waals surface area contributed by atoms with E-state index in [9.17, 15) is 0 Å². The van der Waals surface area contributed by atoms with Gasteiger partial charge in [0, 0.05) is 0 Å². The predicted molar refractivity (Wildman–Crippen MR) is 133 cm³/mol. The van der Waals surface area contributed by atoms with E-state index in [1.807, 2.05) is 6.08 Å². The number of nitrogens with two attached hydrogens (primary N) is 1. The Balaban J connectivity index is 1.49. The van der Waals surface area contributed by atoms with E-state index in [0.717, 1.165) is 41.7 Å². The second kappa shape index (κ2) is 7.09. The Morgan fingerprint density at radius 2 is 1.74 bits per heavy atom. The Kier molecular flexibility index (Phi) is 5.03. The van der Waals surface area contributed by atoms with Gasteiger partial charge in [-0.25, -0.2) is 0 Å². The SMILES string of the molecule is C=CC(=C)C1=CCC2(C)C(CCC3(C)C4CCC5(CN)CCCC5C4CCC32)C1(C)C. The van der Waals surface area contributed by atoms with Crippen LogP contribution in [0.3, 0.4) is 0 Å². The molecule has 31 heavy (non-hydrogen) atoms. The molecule has 5 aliphatic rings. The molecule has 0 spiro atoms. The zero-order chi connectivity index (χ0) is 22.2. The number of allylic oxidation sites excluding steroid dienone is 4. The molecule has 4 fully saturated rings. The van der Waals surface area contributed by atoms with Crippen LogP contribution in [-0.2, 0) is 0 Å². The number of hydrogen-bond donors (Lipinski definition) is 1. The third-order valence-electron chi connectivity index (χ3n) is 12.3. The Hall–Kier alpha value is -0.820. The average Bonchev–Trinajstić information content (AvgIpc) is 3.17. The summed E-state index contributed by atoms with van der Waals surface area (Å²) in [6.45, 7) is 19.7. The summed E-state index contributed by atoms with van der Waals surface area (Å²) in [5.74, 6) is 4.42. The summed E-state index contributed by atoms with van der Waals surface area (Å²) in [5, 5.41) is 0. The molecule has 4 saturated carbocycles. The molecule has 5 rings (SSSR count). The minimum atomic E-state index is 0.198. The molecule has 0 aromatic carbocycles. The van der Waals surface area contributed by atoms with E-state index < -0.39 is 0 Å². The fourth-order valence-electron chi connectivity index (χ4n) is 11.0. The lowest BCUT2D eigenvalue weighted by molar-refractivity contribution is -0.179. The lowest BCUT2D eigenvalue weighted by Crippen LogP contribution is -2.61. The van der Waals surface area contributed by atoms with Gasteiger partial charge < -0.3 is 5.73 Å². The van der Waals surface area contributed by atoms with Gasteiger partial charge in [-0.3, -0.25) is 0 Å². The minimum absolute atomic E-state index is 0.198. The Morgan fingerprint density at radius 3 is 2.45 bits per heavy atom. The van der Waals surface area contributed by atoms with Crippen LogP contribution in [0.15, 0.2) is 36.5 Å². The highest BCUT2D eigenvalue weighted by atomic mass is 14.7. The van der Waals surface area contributed by atoms with Crippen molar-refractivity contribution in [3.05, 3.63) is 36.5 Å². The topological polar surface area (TPSA) is 26.0 Å². The standard InChI is InChI=1S/C30H47N/c1-7-20(2)22-12-16-29(6)25(27(22,3)4)14-17-28(5)23-13-18-30(19-31)15-8-9-24(30)21(23)10-11-26(28)29/h7,12,21,23-26H,1-2,8-11,13-19,31H2,3-6H3. The van der Waals surface area contributed by atoms with Gasteiger partial charge in [0.1, 0.15) is 0 Å². The second-order valence-corrected chi connectivity index (χ2v) is 13.4. The molecule has 0 radical (unpaired) electrons. The van der Waals surface area contributed by atoms with Gasteiger partial charge in [-0.15, -0.1) is 0 Å². The van der Waals surface area contributed by atoms with E-state index in [1.165, 1.54) is 69.8 Å². The first-order valence-electron chi connectivity index (χ1n) is 13.4. The van der Waals surface area contributed by atoms with Crippen molar-refractivity contribution in [2.75, 3.05) is 6.54 Å². The summed E-state index contributed by atoms with van der Waals surface area (Å²) in [5.41, 5.74) is 10.7. The van der Waals surface area contributed by atoms with E-state index in [1.54, 1.807) is 0 Å². The van der Waals surface area contributed by atoms with Crippen LogP contribution in [0.1, 0.15) is 91.9 Å². The molecule has 1 nitrogen and oxygen atoms in total. The van der Waals surface area contributed by atoms with E-state index in [0.29, 0.717) is 16.2 Å². The molecule has 8 atom stereocenters. The van der Waals surface area contributed by atoms with Crippen LogP contribution in [0.2, 0.25) is 0 Å². The van der Waals surface area contributed by atoms with Crippen LogP contribution in [0.4, 0.5) is 0 Å². The predicted octanol–water partition coefficient (Wildman–Crippen LogP) is 7.69. The monoisotopic (exact) mass is 421 g/mol. The maximum Gasteiger partial charge on any atom is -0.00178 e. The van der Waals surface area contributed by atoms with Crippen LogP contribution in [0.25, 0.3) is 0 Å². The smallest absolute Gasteiger partial charge is 0.00178 e. The lowest BCUT2D eigenvalue weighted by atomic mass is 9.36.